The van der Waals surface area contributed by atoms with E-state index in [0.717, 1.165) is 4.31 Å². The minimum absolute atomic E-state index is 0.00843. The summed E-state index contributed by atoms with van der Waals surface area (Å²) in [5.41, 5.74) is 0. The lowest BCUT2D eigenvalue weighted by molar-refractivity contribution is -0.138. The van der Waals surface area contributed by atoms with Gasteiger partial charge in [-0.3, -0.25) is 4.79 Å². The Bertz CT molecular complexity index is 340. The fraction of sp³-hybridized carbons (Fsp3) is 0.857. The quantitative estimate of drug-likeness (QED) is 0.599. The van der Waals surface area contributed by atoms with E-state index in [0.29, 0.717) is 13.1 Å². The van der Waals surface area contributed by atoms with Crippen LogP contribution in [0.5, 0.6) is 0 Å². The predicted octanol–water partition coefficient (Wildman–Crippen LogP) is -1.85. The highest BCUT2D eigenvalue weighted by Gasteiger charge is 2.38. The van der Waals surface area contributed by atoms with Crippen molar-refractivity contribution in [2.45, 2.75) is 6.04 Å². The SMILES string of the molecule is CN(C)CCN1CC(C(=O)O)NS1(=O)=O. The summed E-state index contributed by atoms with van der Waals surface area (Å²) in [5.74, 6) is -1.15. The summed E-state index contributed by atoms with van der Waals surface area (Å²) in [4.78, 5) is 12.4. The van der Waals surface area contributed by atoms with Gasteiger partial charge in [0.15, 0.2) is 0 Å². The van der Waals surface area contributed by atoms with E-state index in [9.17, 15) is 13.2 Å². The second kappa shape index (κ2) is 4.44. The molecule has 1 unspecified atom stereocenters. The van der Waals surface area contributed by atoms with E-state index in [1.54, 1.807) is 0 Å². The van der Waals surface area contributed by atoms with E-state index in [4.69, 9.17) is 5.11 Å². The van der Waals surface area contributed by atoms with Gasteiger partial charge in [0.05, 0.1) is 0 Å². The van der Waals surface area contributed by atoms with Gasteiger partial charge in [0.25, 0.3) is 10.2 Å². The normalized spacial score (nSPS) is 25.9. The summed E-state index contributed by atoms with van der Waals surface area (Å²) in [6.07, 6.45) is 0. The second-order valence-electron chi connectivity index (χ2n) is 3.68. The molecule has 1 fully saturated rings. The third-order valence-electron chi connectivity index (χ3n) is 2.11. The monoisotopic (exact) mass is 237 g/mol. The second-order valence-corrected chi connectivity index (χ2v) is 5.38. The molecule has 0 amide bonds. The summed E-state index contributed by atoms with van der Waals surface area (Å²) in [7, 11) is 0.0473. The molecule has 0 bridgehead atoms. The van der Waals surface area contributed by atoms with Crippen molar-refractivity contribution in [3.63, 3.8) is 0 Å². The number of rotatable bonds is 4. The van der Waals surface area contributed by atoms with Crippen molar-refractivity contribution in [2.24, 2.45) is 0 Å². The molecule has 1 rings (SSSR count). The molecule has 0 aliphatic carbocycles. The van der Waals surface area contributed by atoms with Crippen LogP contribution in [0.25, 0.3) is 0 Å². The number of nitrogens with one attached hydrogen (secondary N) is 1. The maximum Gasteiger partial charge on any atom is 0.323 e. The van der Waals surface area contributed by atoms with Crippen molar-refractivity contribution in [1.29, 1.82) is 0 Å². The minimum atomic E-state index is -3.60. The molecule has 15 heavy (non-hydrogen) atoms. The summed E-state index contributed by atoms with van der Waals surface area (Å²) in [5, 5.41) is 8.68. The molecule has 2 N–H and O–H groups in total. The van der Waals surface area contributed by atoms with Crippen LogP contribution < -0.4 is 4.72 Å². The topological polar surface area (TPSA) is 89.9 Å². The van der Waals surface area contributed by atoms with Crippen LogP contribution in [0.1, 0.15) is 0 Å². The number of aliphatic carboxylic acids is 1. The first-order chi connectivity index (χ1) is 6.83. The highest BCUT2D eigenvalue weighted by atomic mass is 32.2. The van der Waals surface area contributed by atoms with Crippen molar-refractivity contribution < 1.29 is 18.3 Å². The van der Waals surface area contributed by atoms with Gasteiger partial charge in [-0.2, -0.15) is 17.4 Å². The van der Waals surface area contributed by atoms with Crippen molar-refractivity contribution in [3.8, 4) is 0 Å². The zero-order chi connectivity index (χ0) is 11.6. The average Bonchev–Trinajstić information content (AvgIpc) is 2.37. The summed E-state index contributed by atoms with van der Waals surface area (Å²) >= 11 is 0. The Hall–Kier alpha value is -0.700. The van der Waals surface area contributed by atoms with Gasteiger partial charge in [0.1, 0.15) is 6.04 Å². The minimum Gasteiger partial charge on any atom is -0.480 e. The molecule has 1 saturated heterocycles. The Morgan fingerprint density at radius 2 is 2.20 bits per heavy atom. The standard InChI is InChI=1S/C7H15N3O4S/c1-9(2)3-4-10-5-6(7(11)12)8-15(10,13)14/h6,8H,3-5H2,1-2H3,(H,11,12). The lowest BCUT2D eigenvalue weighted by Gasteiger charge is -2.16. The third kappa shape index (κ3) is 3.13. The fourth-order valence-corrected chi connectivity index (χ4v) is 2.60. The van der Waals surface area contributed by atoms with Crippen LogP contribution in [0.2, 0.25) is 0 Å². The van der Waals surface area contributed by atoms with Crippen LogP contribution >= 0.6 is 0 Å². The number of likely N-dealkylation sites (N-methyl/N-ethyl adjacent to an activating group) is 1. The van der Waals surface area contributed by atoms with E-state index >= 15 is 0 Å². The van der Waals surface area contributed by atoms with Crippen LogP contribution in [0.15, 0.2) is 0 Å². The van der Waals surface area contributed by atoms with Gasteiger partial charge in [-0.1, -0.05) is 0 Å². The van der Waals surface area contributed by atoms with E-state index in [1.165, 1.54) is 0 Å². The zero-order valence-electron chi connectivity index (χ0n) is 8.67. The van der Waals surface area contributed by atoms with Gasteiger partial charge in [-0.05, 0) is 14.1 Å². The highest BCUT2D eigenvalue weighted by molar-refractivity contribution is 7.87. The number of hydrogen-bond acceptors (Lipinski definition) is 4. The maximum atomic E-state index is 11.4. The van der Waals surface area contributed by atoms with Gasteiger partial charge in [-0.15, -0.1) is 0 Å². The smallest absolute Gasteiger partial charge is 0.323 e. The molecule has 0 aromatic heterocycles. The van der Waals surface area contributed by atoms with E-state index < -0.39 is 22.2 Å². The first-order valence-corrected chi connectivity index (χ1v) is 5.92. The van der Waals surface area contributed by atoms with Gasteiger partial charge in [0.2, 0.25) is 0 Å². The van der Waals surface area contributed by atoms with E-state index in [2.05, 4.69) is 4.72 Å². The molecular weight excluding hydrogens is 222 g/mol. The largest absolute Gasteiger partial charge is 0.480 e. The fourth-order valence-electron chi connectivity index (χ4n) is 1.24. The lowest BCUT2D eigenvalue weighted by Crippen LogP contribution is -2.35. The van der Waals surface area contributed by atoms with Gasteiger partial charge >= 0.3 is 5.97 Å². The van der Waals surface area contributed by atoms with Crippen molar-refractivity contribution in [1.82, 2.24) is 13.9 Å². The van der Waals surface area contributed by atoms with Crippen LogP contribution in [-0.4, -0.2) is 68.5 Å². The summed E-state index contributed by atoms with van der Waals surface area (Å²) < 4.78 is 26.1. The van der Waals surface area contributed by atoms with Crippen molar-refractivity contribution >= 4 is 16.2 Å². The molecule has 0 spiro atoms. The molecule has 1 aliphatic rings. The molecule has 7 nitrogen and oxygen atoms in total. The zero-order valence-corrected chi connectivity index (χ0v) is 9.49. The Balaban J connectivity index is 2.62. The van der Waals surface area contributed by atoms with Crippen LogP contribution in [0, 0.1) is 0 Å². The first-order valence-electron chi connectivity index (χ1n) is 4.48. The Morgan fingerprint density at radius 1 is 1.60 bits per heavy atom. The molecule has 0 aromatic rings. The average molecular weight is 237 g/mol. The van der Waals surface area contributed by atoms with Gasteiger partial charge < -0.3 is 10.0 Å². The van der Waals surface area contributed by atoms with E-state index in [1.807, 2.05) is 19.0 Å². The predicted molar refractivity (Wildman–Crippen MR) is 53.6 cm³/mol. The molecule has 1 aliphatic heterocycles. The number of hydrogen-bond donors (Lipinski definition) is 2. The Morgan fingerprint density at radius 3 is 2.60 bits per heavy atom. The van der Waals surface area contributed by atoms with Gasteiger partial charge in [-0.25, -0.2) is 0 Å². The number of nitrogens with zero attached hydrogens (tertiary/aromatic N) is 2. The summed E-state index contributed by atoms with van der Waals surface area (Å²) in [6.45, 7) is 0.852. The van der Waals surface area contributed by atoms with E-state index in [-0.39, 0.29) is 6.54 Å². The molecule has 1 heterocycles. The molecule has 88 valence electrons. The van der Waals surface area contributed by atoms with Crippen LogP contribution in [0.4, 0.5) is 0 Å². The van der Waals surface area contributed by atoms with Crippen LogP contribution in [-0.2, 0) is 15.0 Å². The lowest BCUT2D eigenvalue weighted by atomic mass is 10.3. The van der Waals surface area contributed by atoms with Crippen molar-refractivity contribution in [2.75, 3.05) is 33.7 Å². The Kier molecular flexibility index (Phi) is 3.66. The number of carboxylic acids is 1. The van der Waals surface area contributed by atoms with Crippen LogP contribution in [0.3, 0.4) is 0 Å². The molecule has 8 heteroatoms. The number of carbonyl (C=O) groups is 1. The molecule has 0 saturated carbocycles. The molecule has 0 radical (unpaired) electrons. The first kappa shape index (κ1) is 12.4. The van der Waals surface area contributed by atoms with Gasteiger partial charge in [0, 0.05) is 19.6 Å². The molecule has 0 aromatic carbocycles. The maximum absolute atomic E-state index is 11.4. The Labute approximate surface area is 88.8 Å². The highest BCUT2D eigenvalue weighted by Crippen LogP contribution is 2.09. The molecule has 1 atom stereocenters. The van der Waals surface area contributed by atoms with Crippen molar-refractivity contribution in [3.05, 3.63) is 0 Å². The summed E-state index contributed by atoms with van der Waals surface area (Å²) in [6, 6.07) is -1.03. The third-order valence-corrected chi connectivity index (χ3v) is 3.71. The number of carboxylic acid groups (broad SMARTS) is 1. The molecular formula is C7H15N3O4S.